The second-order valence-electron chi connectivity index (χ2n) is 5.51. The number of nitrogens with zero attached hydrogens (tertiary/aromatic N) is 1. The largest absolute Gasteiger partial charge is 0.383 e. The second-order valence-corrected chi connectivity index (χ2v) is 5.51. The lowest BCUT2D eigenvalue weighted by molar-refractivity contribution is 0.0931. The topological polar surface area (TPSA) is 84.1 Å². The Labute approximate surface area is 134 Å². The molecule has 1 aromatic heterocycles. The average Bonchev–Trinajstić information content (AvgIpc) is 2.54. The van der Waals surface area contributed by atoms with E-state index in [1.54, 1.807) is 13.2 Å². The highest BCUT2D eigenvalue weighted by Crippen LogP contribution is 2.20. The Hall–Kier alpha value is -2.47. The summed E-state index contributed by atoms with van der Waals surface area (Å²) in [5.74, 6) is 0.0694. The Morgan fingerprint density at radius 2 is 2.00 bits per heavy atom. The van der Waals surface area contributed by atoms with Crippen molar-refractivity contribution >= 4 is 5.91 Å². The van der Waals surface area contributed by atoms with Crippen molar-refractivity contribution in [2.75, 3.05) is 20.3 Å². The smallest absolute Gasteiger partial charge is 0.346 e. The van der Waals surface area contributed by atoms with E-state index in [9.17, 15) is 9.59 Å². The van der Waals surface area contributed by atoms with Crippen LogP contribution in [-0.2, 0) is 4.74 Å². The minimum Gasteiger partial charge on any atom is -0.383 e. The molecular weight excluding hydrogens is 294 g/mol. The van der Waals surface area contributed by atoms with Crippen LogP contribution in [0.15, 0.2) is 35.1 Å². The molecule has 0 aliphatic carbocycles. The Bertz CT molecular complexity index is 721. The molecule has 6 heteroatoms. The number of amides is 1. The van der Waals surface area contributed by atoms with Gasteiger partial charge in [-0.2, -0.15) is 4.98 Å². The lowest BCUT2D eigenvalue weighted by atomic mass is 10.0. The molecule has 0 saturated carbocycles. The maximum Gasteiger partial charge on any atom is 0.346 e. The monoisotopic (exact) mass is 315 g/mol. The third kappa shape index (κ3) is 4.50. The van der Waals surface area contributed by atoms with Crippen LogP contribution in [0.4, 0.5) is 0 Å². The first-order valence-electron chi connectivity index (χ1n) is 7.50. The number of carbonyl (C=O) groups excluding carboxylic acids is 1. The van der Waals surface area contributed by atoms with Gasteiger partial charge in [-0.3, -0.25) is 4.79 Å². The number of aromatic amines is 1. The number of benzene rings is 1. The first-order chi connectivity index (χ1) is 11.0. The van der Waals surface area contributed by atoms with Crippen LogP contribution in [0.3, 0.4) is 0 Å². The zero-order valence-electron chi connectivity index (χ0n) is 13.6. The fourth-order valence-corrected chi connectivity index (χ4v) is 2.13. The van der Waals surface area contributed by atoms with Crippen molar-refractivity contribution in [3.05, 3.63) is 52.1 Å². The number of hydrogen-bond donors (Lipinski definition) is 2. The second kappa shape index (κ2) is 7.69. The zero-order chi connectivity index (χ0) is 16.8. The standard InChI is InChI=1S/C17H21N3O3/c1-11(2)12-4-6-13(7-5-12)14-10-15(20-17(22)19-14)16(21)18-8-9-23-3/h4-7,10-11H,8-9H2,1-3H3,(H,18,21)(H,19,20,22). The van der Waals surface area contributed by atoms with Crippen LogP contribution in [0.1, 0.15) is 35.8 Å². The van der Waals surface area contributed by atoms with Crippen LogP contribution in [-0.4, -0.2) is 36.1 Å². The number of nitrogens with one attached hydrogen (secondary N) is 2. The number of rotatable bonds is 6. The van der Waals surface area contributed by atoms with Crippen molar-refractivity contribution in [2.24, 2.45) is 0 Å². The maximum atomic E-state index is 12.0. The summed E-state index contributed by atoms with van der Waals surface area (Å²) in [6.45, 7) is 5.01. The molecule has 0 fully saturated rings. The third-order valence-electron chi connectivity index (χ3n) is 3.45. The van der Waals surface area contributed by atoms with Gasteiger partial charge in [0.15, 0.2) is 0 Å². The maximum absolute atomic E-state index is 12.0. The highest BCUT2D eigenvalue weighted by Gasteiger charge is 2.10. The molecule has 2 N–H and O–H groups in total. The summed E-state index contributed by atoms with van der Waals surface area (Å²) in [7, 11) is 1.55. The highest BCUT2D eigenvalue weighted by atomic mass is 16.5. The molecular formula is C17H21N3O3. The number of carbonyl (C=O) groups is 1. The van der Waals surface area contributed by atoms with Gasteiger partial charge in [0.05, 0.1) is 12.3 Å². The van der Waals surface area contributed by atoms with E-state index >= 15 is 0 Å². The predicted octanol–water partition coefficient (Wildman–Crippen LogP) is 1.94. The van der Waals surface area contributed by atoms with Crippen LogP contribution in [0.2, 0.25) is 0 Å². The first kappa shape index (κ1) is 16.9. The Morgan fingerprint density at radius 1 is 1.30 bits per heavy atom. The zero-order valence-corrected chi connectivity index (χ0v) is 13.6. The summed E-state index contributed by atoms with van der Waals surface area (Å²) in [6.07, 6.45) is 0. The summed E-state index contributed by atoms with van der Waals surface area (Å²) in [5, 5.41) is 2.67. The Morgan fingerprint density at radius 3 is 2.61 bits per heavy atom. The van der Waals surface area contributed by atoms with Gasteiger partial charge in [0, 0.05) is 19.2 Å². The minimum atomic E-state index is -0.549. The molecule has 0 bridgehead atoms. The van der Waals surface area contributed by atoms with Crippen LogP contribution < -0.4 is 11.0 Å². The molecule has 0 spiro atoms. The lowest BCUT2D eigenvalue weighted by Crippen LogP contribution is -2.29. The van der Waals surface area contributed by atoms with Crippen molar-refractivity contribution in [3.63, 3.8) is 0 Å². The highest BCUT2D eigenvalue weighted by molar-refractivity contribution is 5.93. The molecule has 1 heterocycles. The molecule has 0 radical (unpaired) electrons. The van der Waals surface area contributed by atoms with Crippen molar-refractivity contribution < 1.29 is 9.53 Å². The molecule has 0 aliphatic heterocycles. The number of ether oxygens (including phenoxy) is 1. The Kier molecular flexibility index (Phi) is 5.65. The van der Waals surface area contributed by atoms with E-state index in [-0.39, 0.29) is 11.6 Å². The predicted molar refractivity (Wildman–Crippen MR) is 88.6 cm³/mol. The molecule has 23 heavy (non-hydrogen) atoms. The molecule has 0 aliphatic rings. The molecule has 1 aromatic carbocycles. The summed E-state index contributed by atoms with van der Waals surface area (Å²) >= 11 is 0. The van der Waals surface area contributed by atoms with Gasteiger partial charge in [-0.25, -0.2) is 4.79 Å². The normalized spacial score (nSPS) is 10.8. The molecule has 1 amide bonds. The average molecular weight is 315 g/mol. The van der Waals surface area contributed by atoms with Crippen LogP contribution >= 0.6 is 0 Å². The van der Waals surface area contributed by atoms with Gasteiger partial charge in [-0.1, -0.05) is 38.1 Å². The van der Waals surface area contributed by atoms with Crippen LogP contribution in [0.5, 0.6) is 0 Å². The van der Waals surface area contributed by atoms with E-state index in [2.05, 4.69) is 29.1 Å². The summed E-state index contributed by atoms with van der Waals surface area (Å²) in [5.41, 5.74) is 2.11. The van der Waals surface area contributed by atoms with Gasteiger partial charge < -0.3 is 15.0 Å². The third-order valence-corrected chi connectivity index (χ3v) is 3.45. The van der Waals surface area contributed by atoms with E-state index in [1.807, 2.05) is 24.3 Å². The van der Waals surface area contributed by atoms with Crippen molar-refractivity contribution in [1.29, 1.82) is 0 Å². The first-order valence-corrected chi connectivity index (χ1v) is 7.50. The van der Waals surface area contributed by atoms with Crippen LogP contribution in [0.25, 0.3) is 11.3 Å². The van der Waals surface area contributed by atoms with Gasteiger partial charge in [0.1, 0.15) is 5.69 Å². The van der Waals surface area contributed by atoms with Gasteiger partial charge in [0.25, 0.3) is 5.91 Å². The van der Waals surface area contributed by atoms with Crippen molar-refractivity contribution in [3.8, 4) is 11.3 Å². The number of methoxy groups -OCH3 is 1. The van der Waals surface area contributed by atoms with Gasteiger partial charge in [-0.05, 0) is 17.5 Å². The minimum absolute atomic E-state index is 0.184. The van der Waals surface area contributed by atoms with E-state index in [4.69, 9.17) is 4.74 Å². The van der Waals surface area contributed by atoms with E-state index in [0.29, 0.717) is 24.8 Å². The molecule has 0 atom stereocenters. The van der Waals surface area contributed by atoms with E-state index < -0.39 is 5.69 Å². The number of aromatic nitrogens is 2. The molecule has 6 nitrogen and oxygen atoms in total. The van der Waals surface area contributed by atoms with E-state index in [1.165, 1.54) is 5.56 Å². The van der Waals surface area contributed by atoms with Gasteiger partial charge >= 0.3 is 5.69 Å². The van der Waals surface area contributed by atoms with Crippen molar-refractivity contribution in [1.82, 2.24) is 15.3 Å². The molecule has 122 valence electrons. The summed E-state index contributed by atoms with van der Waals surface area (Å²) < 4.78 is 4.88. The fourth-order valence-electron chi connectivity index (χ4n) is 2.13. The molecule has 0 saturated heterocycles. The summed E-state index contributed by atoms with van der Waals surface area (Å²) in [6, 6.07) is 9.39. The molecule has 2 aromatic rings. The van der Waals surface area contributed by atoms with Crippen molar-refractivity contribution in [2.45, 2.75) is 19.8 Å². The van der Waals surface area contributed by atoms with E-state index in [0.717, 1.165) is 5.56 Å². The van der Waals surface area contributed by atoms with Gasteiger partial charge in [-0.15, -0.1) is 0 Å². The quantitative estimate of drug-likeness (QED) is 0.798. The van der Waals surface area contributed by atoms with Gasteiger partial charge in [0.2, 0.25) is 0 Å². The SMILES string of the molecule is COCCNC(=O)c1cc(-c2ccc(C(C)C)cc2)nc(=O)[nH]1. The number of hydrogen-bond acceptors (Lipinski definition) is 4. The molecule has 0 unspecified atom stereocenters. The summed E-state index contributed by atoms with van der Waals surface area (Å²) in [4.78, 5) is 30.2. The van der Waals surface area contributed by atoms with Crippen LogP contribution in [0, 0.1) is 0 Å². The molecule has 2 rings (SSSR count). The lowest BCUT2D eigenvalue weighted by Gasteiger charge is -2.08. The fraction of sp³-hybridized carbons (Fsp3) is 0.353. The Balaban J connectivity index is 2.26. The number of H-pyrrole nitrogens is 1.